The van der Waals surface area contributed by atoms with Crippen LogP contribution in [0.3, 0.4) is 0 Å². The lowest BCUT2D eigenvalue weighted by Gasteiger charge is -1.87. The lowest BCUT2D eigenvalue weighted by molar-refractivity contribution is 0.0659. The van der Waals surface area contributed by atoms with Crippen LogP contribution in [0.4, 0.5) is 0 Å². The normalized spacial score (nSPS) is 8.17. The minimum atomic E-state index is -1.24. The maximum absolute atomic E-state index is 10.5. The van der Waals surface area contributed by atoms with Crippen molar-refractivity contribution in [1.29, 1.82) is 0 Å². The summed E-state index contributed by atoms with van der Waals surface area (Å²) in [7, 11) is 0. The van der Waals surface area contributed by atoms with Crippen molar-refractivity contribution < 1.29 is 14.3 Å². The van der Waals surface area contributed by atoms with E-state index in [9.17, 15) is 9.59 Å². The van der Waals surface area contributed by atoms with E-state index in [-0.39, 0.29) is 11.2 Å². The zero-order valence-electron chi connectivity index (χ0n) is 6.90. The van der Waals surface area contributed by atoms with Crippen molar-refractivity contribution in [2.24, 2.45) is 0 Å². The van der Waals surface area contributed by atoms with E-state index in [4.69, 9.17) is 5.11 Å². The molecule has 1 N–H and O–H groups in total. The third-order valence-corrected chi connectivity index (χ3v) is 0.911. The van der Waals surface area contributed by atoms with Crippen LogP contribution in [0.5, 0.6) is 0 Å². The largest absolute Gasteiger partial charge is 0.475 e. The molecule has 66 valence electrons. The number of aromatic carboxylic acids is 1. The zero-order valence-corrected chi connectivity index (χ0v) is 6.90. The quantitative estimate of drug-likeness (QED) is 0.691. The Hall–Kier alpha value is -1.58. The number of carbonyl (C=O) groups is 1. The molecule has 0 bridgehead atoms. The van der Waals surface area contributed by atoms with Crippen LogP contribution in [0.1, 0.15) is 24.4 Å². The summed E-state index contributed by atoms with van der Waals surface area (Å²) in [4.78, 5) is 20.6. The van der Waals surface area contributed by atoms with Crippen molar-refractivity contribution in [3.63, 3.8) is 0 Å². The van der Waals surface area contributed by atoms with Crippen molar-refractivity contribution in [1.82, 2.24) is 0 Å². The van der Waals surface area contributed by atoms with Gasteiger partial charge in [0.25, 0.3) is 0 Å². The van der Waals surface area contributed by atoms with Gasteiger partial charge >= 0.3 is 5.97 Å². The van der Waals surface area contributed by atoms with E-state index >= 15 is 0 Å². The summed E-state index contributed by atoms with van der Waals surface area (Å²) in [5.74, 6) is -1.58. The van der Waals surface area contributed by atoms with E-state index in [1.54, 1.807) is 0 Å². The Kier molecular flexibility index (Phi) is 4.45. The fourth-order valence-corrected chi connectivity index (χ4v) is 0.498. The first-order valence-electron chi connectivity index (χ1n) is 3.52. The van der Waals surface area contributed by atoms with Gasteiger partial charge in [0.15, 0.2) is 5.43 Å². The average Bonchev–Trinajstić information content (AvgIpc) is 2.08. The van der Waals surface area contributed by atoms with Crippen molar-refractivity contribution in [3.05, 3.63) is 34.4 Å². The molecule has 0 fully saturated rings. The lowest BCUT2D eigenvalue weighted by Crippen LogP contribution is -2.03. The molecule has 0 aromatic carbocycles. The highest BCUT2D eigenvalue weighted by molar-refractivity contribution is 5.83. The van der Waals surface area contributed by atoms with Gasteiger partial charge in [-0.25, -0.2) is 4.79 Å². The third kappa shape index (κ3) is 3.01. The fraction of sp³-hybridized carbons (Fsp3) is 0.250. The van der Waals surface area contributed by atoms with Crippen LogP contribution >= 0.6 is 0 Å². The number of carboxylic acids is 1. The van der Waals surface area contributed by atoms with Gasteiger partial charge in [-0.3, -0.25) is 4.79 Å². The molecule has 0 spiro atoms. The number of hydrogen-bond donors (Lipinski definition) is 1. The second-order valence-corrected chi connectivity index (χ2v) is 1.64. The number of rotatable bonds is 1. The minimum Gasteiger partial charge on any atom is -0.475 e. The maximum atomic E-state index is 10.5. The Labute approximate surface area is 69.5 Å². The van der Waals surface area contributed by atoms with Gasteiger partial charge in [-0.15, -0.1) is 0 Å². The molecule has 0 aliphatic heterocycles. The van der Waals surface area contributed by atoms with Gasteiger partial charge in [-0.2, -0.15) is 0 Å². The predicted molar refractivity (Wildman–Crippen MR) is 43.3 cm³/mol. The highest BCUT2D eigenvalue weighted by Gasteiger charge is 2.03. The first kappa shape index (κ1) is 10.4. The summed E-state index contributed by atoms with van der Waals surface area (Å²) in [6.07, 6.45) is 1.05. The fourth-order valence-electron chi connectivity index (χ4n) is 0.498. The van der Waals surface area contributed by atoms with Crippen LogP contribution in [0.15, 0.2) is 27.6 Å². The van der Waals surface area contributed by atoms with E-state index in [2.05, 4.69) is 4.42 Å². The predicted octanol–water partition coefficient (Wildman–Crippen LogP) is 1.36. The summed E-state index contributed by atoms with van der Waals surface area (Å²) in [5, 5.41) is 8.28. The summed E-state index contributed by atoms with van der Waals surface area (Å²) < 4.78 is 4.47. The molecule has 4 nitrogen and oxygen atoms in total. The molecule has 0 saturated carbocycles. The van der Waals surface area contributed by atoms with E-state index < -0.39 is 5.97 Å². The van der Waals surface area contributed by atoms with Gasteiger partial charge in [0.2, 0.25) is 5.76 Å². The average molecular weight is 170 g/mol. The molecular formula is C8H10O4. The molecule has 12 heavy (non-hydrogen) atoms. The Morgan fingerprint density at radius 3 is 2.42 bits per heavy atom. The van der Waals surface area contributed by atoms with Gasteiger partial charge in [0.05, 0.1) is 6.26 Å². The second-order valence-electron chi connectivity index (χ2n) is 1.64. The molecular weight excluding hydrogens is 160 g/mol. The molecule has 0 saturated heterocycles. The van der Waals surface area contributed by atoms with E-state index in [1.165, 1.54) is 0 Å². The third-order valence-electron chi connectivity index (χ3n) is 0.911. The van der Waals surface area contributed by atoms with Crippen molar-refractivity contribution >= 4 is 5.97 Å². The van der Waals surface area contributed by atoms with Gasteiger partial charge < -0.3 is 9.52 Å². The second kappa shape index (κ2) is 5.12. The monoisotopic (exact) mass is 170 g/mol. The Bertz CT molecular complexity index is 300. The SMILES string of the molecule is CC.O=C(O)c1cc(=O)cco1. The molecule has 0 unspecified atom stereocenters. The number of hydrogen-bond acceptors (Lipinski definition) is 3. The van der Waals surface area contributed by atoms with Crippen LogP contribution < -0.4 is 5.43 Å². The van der Waals surface area contributed by atoms with Crippen LogP contribution in [0, 0.1) is 0 Å². The summed E-state index contributed by atoms with van der Waals surface area (Å²) >= 11 is 0. The van der Waals surface area contributed by atoms with Crippen molar-refractivity contribution in [2.45, 2.75) is 13.8 Å². The maximum Gasteiger partial charge on any atom is 0.371 e. The Balaban J connectivity index is 0.000000561. The molecule has 4 heteroatoms. The molecule has 1 rings (SSSR count). The lowest BCUT2D eigenvalue weighted by atomic mass is 10.4. The zero-order chi connectivity index (χ0) is 9.56. The van der Waals surface area contributed by atoms with Crippen LogP contribution in [-0.4, -0.2) is 11.1 Å². The molecule has 0 aliphatic carbocycles. The van der Waals surface area contributed by atoms with Crippen LogP contribution in [-0.2, 0) is 0 Å². The highest BCUT2D eigenvalue weighted by atomic mass is 16.4. The summed E-state index contributed by atoms with van der Waals surface area (Å²) in [6.45, 7) is 4.00. The molecule has 0 radical (unpaired) electrons. The highest BCUT2D eigenvalue weighted by Crippen LogP contribution is 1.91. The number of carboxylic acid groups (broad SMARTS) is 1. The van der Waals surface area contributed by atoms with Crippen LogP contribution in [0.2, 0.25) is 0 Å². The van der Waals surface area contributed by atoms with Crippen LogP contribution in [0.25, 0.3) is 0 Å². The first-order valence-corrected chi connectivity index (χ1v) is 3.52. The minimum absolute atomic E-state index is 0.340. The van der Waals surface area contributed by atoms with E-state index in [0.717, 1.165) is 18.4 Å². The van der Waals surface area contributed by atoms with Gasteiger partial charge in [-0.1, -0.05) is 13.8 Å². The van der Waals surface area contributed by atoms with Crippen molar-refractivity contribution in [2.75, 3.05) is 0 Å². The van der Waals surface area contributed by atoms with Gasteiger partial charge in [0, 0.05) is 12.1 Å². The smallest absolute Gasteiger partial charge is 0.371 e. The molecule has 1 aromatic rings. The van der Waals surface area contributed by atoms with E-state index in [1.807, 2.05) is 13.8 Å². The van der Waals surface area contributed by atoms with E-state index in [0.29, 0.717) is 0 Å². The Morgan fingerprint density at radius 1 is 1.50 bits per heavy atom. The molecule has 0 aliphatic rings. The summed E-state index contributed by atoms with van der Waals surface area (Å²) in [6, 6.07) is 2.06. The summed E-state index contributed by atoms with van der Waals surface area (Å²) in [5.41, 5.74) is -0.372. The molecule has 1 aromatic heterocycles. The Morgan fingerprint density at radius 2 is 2.08 bits per heavy atom. The standard InChI is InChI=1S/C6H4O4.C2H6/c7-4-1-2-10-5(3-4)6(8)9;1-2/h1-3H,(H,8,9);1-2H3. The molecule has 0 atom stereocenters. The first-order chi connectivity index (χ1) is 5.70. The molecule has 0 amide bonds. The van der Waals surface area contributed by atoms with Gasteiger partial charge in [-0.05, 0) is 0 Å². The topological polar surface area (TPSA) is 67.5 Å². The molecule has 1 heterocycles. The van der Waals surface area contributed by atoms with Gasteiger partial charge in [0.1, 0.15) is 0 Å². The van der Waals surface area contributed by atoms with Crippen molar-refractivity contribution in [3.8, 4) is 0 Å².